The number of methoxy groups -OCH3 is 5. The van der Waals surface area contributed by atoms with Crippen LogP contribution in [-0.4, -0.2) is 83.0 Å². The van der Waals surface area contributed by atoms with Crippen molar-refractivity contribution >= 4 is 12.0 Å². The third-order valence-electron chi connectivity index (χ3n) is 9.73. The van der Waals surface area contributed by atoms with Crippen LogP contribution in [0, 0.1) is 11.3 Å². The average Bonchev–Trinajstić information content (AvgIpc) is 3.08. The molecule has 0 radical (unpaired) electrons. The van der Waals surface area contributed by atoms with Gasteiger partial charge in [-0.05, 0) is 90.2 Å². The highest BCUT2D eigenvalue weighted by Gasteiger charge is 2.54. The summed E-state index contributed by atoms with van der Waals surface area (Å²) in [5, 5.41) is 13.9. The molecule has 1 saturated heterocycles. The van der Waals surface area contributed by atoms with Crippen LogP contribution in [0.5, 0.6) is 28.7 Å². The van der Waals surface area contributed by atoms with Gasteiger partial charge < -0.3 is 29.0 Å². The summed E-state index contributed by atoms with van der Waals surface area (Å²) in [7, 11) is 10.3. The number of likely N-dealkylation sites (N-methyl/N-ethyl adjacent to an activating group) is 1. The maximum atomic E-state index is 13.2. The van der Waals surface area contributed by atoms with Crippen LogP contribution < -0.4 is 29.0 Å². The Balaban J connectivity index is 1.39. The number of nitrogens with zero attached hydrogens (tertiary/aromatic N) is 3. The molecule has 3 aromatic rings. The third-order valence-corrected chi connectivity index (χ3v) is 9.73. The van der Waals surface area contributed by atoms with Gasteiger partial charge in [-0.3, -0.25) is 14.6 Å². The summed E-state index contributed by atoms with van der Waals surface area (Å²) in [6.45, 7) is 0.310. The predicted molar refractivity (Wildman–Crippen MR) is 174 cm³/mol. The van der Waals surface area contributed by atoms with Gasteiger partial charge in [0.1, 0.15) is 11.8 Å². The zero-order chi connectivity index (χ0) is 32.5. The van der Waals surface area contributed by atoms with Gasteiger partial charge >= 0.3 is 0 Å². The van der Waals surface area contributed by atoms with Gasteiger partial charge in [0.25, 0.3) is 0 Å². The van der Waals surface area contributed by atoms with Crippen molar-refractivity contribution in [2.45, 2.75) is 43.1 Å². The summed E-state index contributed by atoms with van der Waals surface area (Å²) in [4.78, 5) is 17.9. The number of fused-ring (bicyclic) bond motifs is 7. The van der Waals surface area contributed by atoms with E-state index in [4.69, 9.17) is 23.7 Å². The van der Waals surface area contributed by atoms with E-state index in [9.17, 15) is 10.1 Å². The van der Waals surface area contributed by atoms with E-state index in [2.05, 4.69) is 40.4 Å². The van der Waals surface area contributed by atoms with Crippen molar-refractivity contribution in [3.8, 4) is 34.8 Å². The zero-order valence-electron chi connectivity index (χ0n) is 27.1. The SMILES string of the molecule is COc1ccc(/C=C/C(=O)NC[C@H]2c3cc(OC)c(OC)cc3C[C@H]3[C@H]4c5cc(OC)c(OC)cc5C[C@@H]([C@H](C#N)N23)N4C)cc1. The number of carbonyl (C=O) groups is 1. The molecule has 0 aliphatic carbocycles. The summed E-state index contributed by atoms with van der Waals surface area (Å²) in [6, 6.07) is 17.5. The molecule has 3 aliphatic rings. The van der Waals surface area contributed by atoms with Crippen molar-refractivity contribution in [3.63, 3.8) is 0 Å². The molecular formula is C36H40N4O6. The lowest BCUT2D eigenvalue weighted by atomic mass is 9.72. The van der Waals surface area contributed by atoms with Gasteiger partial charge in [-0.15, -0.1) is 0 Å². The van der Waals surface area contributed by atoms with Crippen molar-refractivity contribution in [1.29, 1.82) is 5.26 Å². The summed E-state index contributed by atoms with van der Waals surface area (Å²) in [6.07, 6.45) is 4.68. The Morgan fingerprint density at radius 1 is 0.848 bits per heavy atom. The van der Waals surface area contributed by atoms with E-state index in [1.807, 2.05) is 36.4 Å². The maximum absolute atomic E-state index is 13.2. The molecule has 10 nitrogen and oxygen atoms in total. The fraction of sp³-hybridized carbons (Fsp3) is 0.389. The third kappa shape index (κ3) is 5.40. The lowest BCUT2D eigenvalue weighted by Gasteiger charge is -2.60. The molecule has 46 heavy (non-hydrogen) atoms. The summed E-state index contributed by atoms with van der Waals surface area (Å²) in [5.41, 5.74) is 5.33. The molecule has 3 heterocycles. The molecule has 6 rings (SSSR count). The van der Waals surface area contributed by atoms with Crippen LogP contribution in [0.15, 0.2) is 54.6 Å². The average molecular weight is 625 g/mol. The first kappa shape index (κ1) is 31.3. The number of nitrogens with one attached hydrogen (secondary N) is 1. The number of carbonyl (C=O) groups excluding carboxylic acids is 1. The first-order valence-electron chi connectivity index (χ1n) is 15.3. The minimum atomic E-state index is -0.425. The van der Waals surface area contributed by atoms with E-state index < -0.39 is 6.04 Å². The second-order valence-electron chi connectivity index (χ2n) is 11.9. The highest BCUT2D eigenvalue weighted by molar-refractivity contribution is 5.91. The number of nitriles is 1. The fourth-order valence-corrected chi connectivity index (χ4v) is 7.53. The Labute approximate surface area is 270 Å². The zero-order valence-corrected chi connectivity index (χ0v) is 27.1. The molecule has 1 fully saturated rings. The molecule has 0 unspecified atom stereocenters. The van der Waals surface area contributed by atoms with Gasteiger partial charge in [-0.1, -0.05) is 12.1 Å². The van der Waals surface area contributed by atoms with Crippen molar-refractivity contribution in [1.82, 2.24) is 15.1 Å². The highest BCUT2D eigenvalue weighted by Crippen LogP contribution is 2.52. The van der Waals surface area contributed by atoms with E-state index in [1.165, 1.54) is 6.08 Å². The van der Waals surface area contributed by atoms with Crippen LogP contribution in [-0.2, 0) is 17.6 Å². The Morgan fingerprint density at radius 3 is 2.00 bits per heavy atom. The summed E-state index contributed by atoms with van der Waals surface area (Å²) < 4.78 is 28.0. The van der Waals surface area contributed by atoms with Gasteiger partial charge in [0.15, 0.2) is 23.0 Å². The predicted octanol–water partition coefficient (Wildman–Crippen LogP) is 4.33. The van der Waals surface area contributed by atoms with Gasteiger partial charge in [0.2, 0.25) is 5.91 Å². The number of benzene rings is 3. The van der Waals surface area contributed by atoms with E-state index in [0.717, 1.165) is 33.6 Å². The van der Waals surface area contributed by atoms with Gasteiger partial charge in [0, 0.05) is 24.7 Å². The second-order valence-corrected chi connectivity index (χ2v) is 11.9. The summed E-state index contributed by atoms with van der Waals surface area (Å²) >= 11 is 0. The topological polar surface area (TPSA) is 106 Å². The second kappa shape index (κ2) is 12.9. The molecule has 0 aromatic heterocycles. The molecule has 2 bridgehead atoms. The molecule has 3 aromatic carbocycles. The van der Waals surface area contributed by atoms with Crippen molar-refractivity contribution in [3.05, 3.63) is 82.4 Å². The Morgan fingerprint density at radius 2 is 1.41 bits per heavy atom. The molecule has 0 spiro atoms. The smallest absolute Gasteiger partial charge is 0.244 e. The molecule has 5 atom stereocenters. The largest absolute Gasteiger partial charge is 0.497 e. The van der Waals surface area contributed by atoms with E-state index >= 15 is 0 Å². The molecule has 3 aliphatic heterocycles. The summed E-state index contributed by atoms with van der Waals surface area (Å²) in [5.74, 6) is 3.16. The fourth-order valence-electron chi connectivity index (χ4n) is 7.53. The van der Waals surface area contributed by atoms with Crippen molar-refractivity contribution in [2.24, 2.45) is 0 Å². The van der Waals surface area contributed by atoms with E-state index in [0.29, 0.717) is 42.4 Å². The minimum Gasteiger partial charge on any atom is -0.497 e. The Hall–Kier alpha value is -4.72. The number of hydrogen-bond acceptors (Lipinski definition) is 9. The lowest BCUT2D eigenvalue weighted by Crippen LogP contribution is -2.68. The molecule has 0 saturated carbocycles. The van der Waals surface area contributed by atoms with Gasteiger partial charge in [-0.2, -0.15) is 5.26 Å². The first-order chi connectivity index (χ1) is 22.3. The lowest BCUT2D eigenvalue weighted by molar-refractivity contribution is -0.117. The number of rotatable bonds is 9. The number of hydrogen-bond donors (Lipinski definition) is 1. The monoisotopic (exact) mass is 624 g/mol. The van der Waals surface area contributed by atoms with Crippen LogP contribution in [0.25, 0.3) is 6.08 Å². The van der Waals surface area contributed by atoms with Crippen LogP contribution in [0.2, 0.25) is 0 Å². The van der Waals surface area contributed by atoms with E-state index in [-0.39, 0.29) is 30.1 Å². The molecule has 1 N–H and O–H groups in total. The number of amides is 1. The van der Waals surface area contributed by atoms with Crippen LogP contribution in [0.3, 0.4) is 0 Å². The molecule has 10 heteroatoms. The number of piperazine rings is 1. The Bertz CT molecular complexity index is 1680. The van der Waals surface area contributed by atoms with Gasteiger partial charge in [0.05, 0.1) is 53.7 Å². The first-order valence-corrected chi connectivity index (χ1v) is 15.3. The van der Waals surface area contributed by atoms with Crippen molar-refractivity contribution < 1.29 is 28.5 Å². The quantitative estimate of drug-likeness (QED) is 0.349. The number of ether oxygens (including phenoxy) is 5. The van der Waals surface area contributed by atoms with Gasteiger partial charge in [-0.25, -0.2) is 0 Å². The van der Waals surface area contributed by atoms with Crippen molar-refractivity contribution in [2.75, 3.05) is 49.1 Å². The molecule has 1 amide bonds. The van der Waals surface area contributed by atoms with Crippen LogP contribution >= 0.6 is 0 Å². The Kier molecular flexibility index (Phi) is 8.80. The molecular weight excluding hydrogens is 584 g/mol. The molecule has 240 valence electrons. The minimum absolute atomic E-state index is 0.0208. The van der Waals surface area contributed by atoms with Crippen LogP contribution in [0.4, 0.5) is 0 Å². The highest BCUT2D eigenvalue weighted by atomic mass is 16.5. The normalized spacial score (nSPS) is 23.4. The van der Waals surface area contributed by atoms with E-state index in [1.54, 1.807) is 41.6 Å². The van der Waals surface area contributed by atoms with Crippen LogP contribution in [0.1, 0.15) is 39.9 Å². The standard InChI is InChI=1S/C36H40N4O6/c1-39-27-13-23-16-32(44-4)34(46-6)18-26(23)36(39)28-14-22-15-31(43-3)33(45-5)17-25(22)30(40(28)29(27)19-37)20-38-35(41)12-9-21-7-10-24(42-2)11-8-21/h7-12,15-18,27-30,36H,13-14,20H2,1-6H3,(H,38,41)/b12-9+/t27-,28-,29-,30-,36+/m0/s1. The maximum Gasteiger partial charge on any atom is 0.244 e.